The molecule has 262 valence electrons. The molecule has 1 unspecified atom stereocenters. The van der Waals surface area contributed by atoms with Gasteiger partial charge >= 0.3 is 283 Å². The van der Waals surface area contributed by atoms with Gasteiger partial charge < -0.3 is 10.8 Å². The van der Waals surface area contributed by atoms with Gasteiger partial charge in [0.25, 0.3) is 0 Å². The van der Waals surface area contributed by atoms with Gasteiger partial charge in [-0.15, -0.1) is 0 Å². The van der Waals surface area contributed by atoms with Crippen molar-refractivity contribution in [3.63, 3.8) is 0 Å². The van der Waals surface area contributed by atoms with E-state index < -0.39 is 17.6 Å². The number of benzene rings is 1. The van der Waals surface area contributed by atoms with E-state index in [0.717, 1.165) is 72.5 Å². The van der Waals surface area contributed by atoms with Crippen LogP contribution in [0.2, 0.25) is 7.96 Å². The first kappa shape index (κ1) is 43.9. The zero-order valence-corrected chi connectivity index (χ0v) is 37.1. The van der Waals surface area contributed by atoms with Gasteiger partial charge in [-0.25, -0.2) is 0 Å². The molecule has 4 N–H and O–H groups in total. The Hall–Kier alpha value is -1.14. The maximum absolute atomic E-state index is 13.3. The molecule has 6 radical (unpaired) electrons. The van der Waals surface area contributed by atoms with E-state index in [2.05, 4.69) is 64.2 Å². The molecule has 3 amide bonds. The van der Waals surface area contributed by atoms with Crippen molar-refractivity contribution in [1.29, 1.82) is 0 Å². The number of hydrogen-bond acceptors (Lipinski definition) is 6. The molecule has 1 aromatic carbocycles. The van der Waals surface area contributed by atoms with E-state index >= 15 is 0 Å². The fourth-order valence-electron chi connectivity index (χ4n) is 5.31. The molecule has 0 saturated carbocycles. The van der Waals surface area contributed by atoms with Crippen molar-refractivity contribution in [3.8, 4) is 0 Å². The van der Waals surface area contributed by atoms with E-state index in [0.29, 0.717) is 84.2 Å². The standard InChI is InChI=1S/C35H58N4O6.2Pb/c1-8-38(31(41)22-21-28-19-17-27(3)18-20-28)24-34(4,5)25-45-26-35(6,7)39(9-2)32(42)16-11-10-15-30(40)37-23-13-12-14-29(36)33(43)44;;/h17-20,29H,1-2,8-16,21-26,36H2,3-7H3,(H,37,40)(H,43,44);;. The summed E-state index contributed by atoms with van der Waals surface area (Å²) >= 11 is 2.04. The molecule has 0 aromatic heterocycles. The number of rotatable bonds is 25. The molecule has 1 rings (SSSR count). The number of carbonyl (C=O) groups is 4. The molecule has 47 heavy (non-hydrogen) atoms. The van der Waals surface area contributed by atoms with Crippen LogP contribution in [0.4, 0.5) is 0 Å². The number of aryl methyl sites for hydroxylation is 2. The number of carbonyl (C=O) groups excluding carboxylic acids is 3. The van der Waals surface area contributed by atoms with Gasteiger partial charge in [-0.05, 0) is 12.8 Å². The predicted molar refractivity (Wildman–Crippen MR) is 189 cm³/mol. The summed E-state index contributed by atoms with van der Waals surface area (Å²) in [6.45, 7) is 13.9. The Morgan fingerprint density at radius 1 is 0.894 bits per heavy atom. The van der Waals surface area contributed by atoms with Crippen LogP contribution in [-0.4, -0.2) is 141 Å². The summed E-state index contributed by atoms with van der Waals surface area (Å²) in [7, 11) is 0. The molecular weight excluding hydrogens is 987 g/mol. The van der Waals surface area contributed by atoms with Crippen molar-refractivity contribution < 1.29 is 29.0 Å². The van der Waals surface area contributed by atoms with Crippen molar-refractivity contribution in [2.45, 2.75) is 112 Å². The molecule has 0 aliphatic heterocycles. The van der Waals surface area contributed by atoms with Crippen molar-refractivity contribution in [3.05, 3.63) is 35.4 Å². The first-order valence-electron chi connectivity index (χ1n) is 16.9. The van der Waals surface area contributed by atoms with E-state index in [1.165, 1.54) is 11.1 Å². The molecule has 1 aromatic rings. The second-order valence-corrected chi connectivity index (χ2v) is 17.7. The van der Waals surface area contributed by atoms with Gasteiger partial charge in [-0.3, -0.25) is 4.79 Å². The summed E-state index contributed by atoms with van der Waals surface area (Å²) in [4.78, 5) is 53.4. The Balaban J connectivity index is 2.51. The summed E-state index contributed by atoms with van der Waals surface area (Å²) in [6.07, 6.45) is 4.96. The number of carboxylic acid groups (broad SMARTS) is 1. The van der Waals surface area contributed by atoms with Gasteiger partial charge in [-0.2, -0.15) is 0 Å². The zero-order chi connectivity index (χ0) is 35.5. The average molecular weight is 1050 g/mol. The molecule has 1 atom stereocenters. The van der Waals surface area contributed by atoms with Crippen molar-refractivity contribution in [2.75, 3.05) is 39.4 Å². The van der Waals surface area contributed by atoms with Gasteiger partial charge in [0.05, 0.1) is 0 Å². The predicted octanol–water partition coefficient (Wildman–Crippen LogP) is 3.84. The Labute approximate surface area is 315 Å². The number of carboxylic acids is 1. The third kappa shape index (κ3) is 19.0. The van der Waals surface area contributed by atoms with Crippen LogP contribution in [0.25, 0.3) is 0 Å². The van der Waals surface area contributed by atoms with Crippen LogP contribution in [0.1, 0.15) is 90.2 Å². The molecule has 0 aliphatic carbocycles. The third-order valence-corrected chi connectivity index (χ3v) is 9.78. The number of nitrogens with two attached hydrogens (primary N) is 1. The number of ether oxygens (including phenoxy) is 1. The number of nitrogens with one attached hydrogen (secondary N) is 1. The maximum atomic E-state index is 13.3. The van der Waals surface area contributed by atoms with Gasteiger partial charge in [0.1, 0.15) is 6.04 Å². The fourth-order valence-corrected chi connectivity index (χ4v) is 7.23. The number of unbranched alkanes of at least 4 members (excludes halogenated alkanes) is 2. The number of hydrogen-bond donors (Lipinski definition) is 3. The molecule has 12 heteroatoms. The third-order valence-electron chi connectivity index (χ3n) is 8.04. The average Bonchev–Trinajstić information content (AvgIpc) is 3.00. The Kier molecular flexibility index (Phi) is 21.8. The van der Waals surface area contributed by atoms with E-state index in [1.807, 2.05) is 9.80 Å². The van der Waals surface area contributed by atoms with Gasteiger partial charge in [0.2, 0.25) is 0 Å². The zero-order valence-electron chi connectivity index (χ0n) is 29.4. The Morgan fingerprint density at radius 2 is 1.53 bits per heavy atom. The van der Waals surface area contributed by atoms with Crippen LogP contribution in [0.15, 0.2) is 24.3 Å². The Bertz CT molecular complexity index is 1100. The van der Waals surface area contributed by atoms with Crippen LogP contribution < -0.4 is 11.1 Å². The monoisotopic (exact) mass is 1050 g/mol. The number of amides is 3. The molecule has 0 fully saturated rings. The summed E-state index contributed by atoms with van der Waals surface area (Å²) in [6, 6.07) is 7.52. The molecule has 0 saturated heterocycles. The summed E-state index contributed by atoms with van der Waals surface area (Å²) in [5, 5.41) is 11.7. The molecular formula is C35H58N4O6Pb2. The summed E-state index contributed by atoms with van der Waals surface area (Å²) < 4.78 is 8.28. The quantitative estimate of drug-likeness (QED) is 0.1000. The van der Waals surface area contributed by atoms with Crippen molar-refractivity contribution >= 4 is 75.2 Å². The van der Waals surface area contributed by atoms with Crippen LogP contribution in [0, 0.1) is 12.3 Å². The number of nitrogens with zero attached hydrogens (tertiary/aromatic N) is 2. The number of aliphatic carboxylic acids is 1. The second-order valence-electron chi connectivity index (χ2n) is 13.8. The van der Waals surface area contributed by atoms with Crippen LogP contribution in [-0.2, 0) is 30.3 Å². The SMILES string of the molecule is Cc1ccc(CCC(=O)N(C[CH2][Pb])CC(C)(C)COCC(C)(C)N(C[CH2][Pb])C(=O)CCCCC(=O)NCCCCC(N)C(=O)O)cc1. The van der Waals surface area contributed by atoms with Crippen molar-refractivity contribution in [2.24, 2.45) is 11.1 Å². The fraction of sp³-hybridized carbons (Fsp3) is 0.714. The van der Waals surface area contributed by atoms with E-state index in [9.17, 15) is 19.2 Å². The van der Waals surface area contributed by atoms with Gasteiger partial charge in [-0.1, -0.05) is 0 Å². The minimum absolute atomic E-state index is 0.0553. The first-order chi connectivity index (χ1) is 22.1. The molecule has 0 aliphatic rings. The van der Waals surface area contributed by atoms with E-state index in [-0.39, 0.29) is 23.1 Å². The van der Waals surface area contributed by atoms with Gasteiger partial charge in [0, 0.05) is 0 Å². The molecule has 0 bridgehead atoms. The van der Waals surface area contributed by atoms with Gasteiger partial charge in [0.15, 0.2) is 0 Å². The molecule has 0 heterocycles. The molecule has 0 spiro atoms. The summed E-state index contributed by atoms with van der Waals surface area (Å²) in [5.41, 5.74) is 7.19. The van der Waals surface area contributed by atoms with Crippen LogP contribution in [0.3, 0.4) is 0 Å². The van der Waals surface area contributed by atoms with Crippen molar-refractivity contribution in [1.82, 2.24) is 15.1 Å². The topological polar surface area (TPSA) is 142 Å². The van der Waals surface area contributed by atoms with E-state index in [4.69, 9.17) is 15.6 Å². The van der Waals surface area contributed by atoms with Crippen LogP contribution >= 0.6 is 0 Å². The summed E-state index contributed by atoms with van der Waals surface area (Å²) in [5.74, 6) is -0.788. The molecule has 10 nitrogen and oxygen atoms in total. The van der Waals surface area contributed by atoms with Crippen LogP contribution in [0.5, 0.6) is 0 Å². The van der Waals surface area contributed by atoms with E-state index in [1.54, 1.807) is 0 Å². The second kappa shape index (κ2) is 23.3. The Morgan fingerprint density at radius 3 is 2.15 bits per heavy atom. The first-order valence-corrected chi connectivity index (χ1v) is 22.4. The minimum atomic E-state index is -1.01. The normalized spacial score (nSPS) is 12.4.